The summed E-state index contributed by atoms with van der Waals surface area (Å²) in [5.74, 6) is -1.20. The van der Waals surface area contributed by atoms with E-state index in [-0.39, 0.29) is 25.1 Å². The van der Waals surface area contributed by atoms with Crippen molar-refractivity contribution in [3.05, 3.63) is 39.7 Å². The minimum absolute atomic E-state index is 0.0148. The molecule has 21 heavy (non-hydrogen) atoms. The Morgan fingerprint density at radius 1 is 1.48 bits per heavy atom. The summed E-state index contributed by atoms with van der Waals surface area (Å²) in [6.45, 7) is 1.46. The van der Waals surface area contributed by atoms with Gasteiger partial charge in [0, 0.05) is 10.7 Å². The topological polar surface area (TPSA) is 76.1 Å². The van der Waals surface area contributed by atoms with Crippen LogP contribution >= 0.6 is 37.9 Å². The summed E-state index contributed by atoms with van der Waals surface area (Å²) >= 11 is 3.70. The van der Waals surface area contributed by atoms with E-state index in [0.717, 1.165) is 11.3 Å². The number of rotatable bonds is 3. The number of amides is 1. The highest BCUT2D eigenvalue weighted by atomic mass is 79.9. The van der Waals surface area contributed by atoms with Gasteiger partial charge in [-0.05, 0) is 35.0 Å². The first-order valence-corrected chi connectivity index (χ1v) is 9.29. The predicted molar refractivity (Wildman–Crippen MR) is 81.9 cm³/mol. The normalized spacial score (nSPS) is 11.4. The third kappa shape index (κ3) is 3.60. The summed E-state index contributed by atoms with van der Waals surface area (Å²) < 4.78 is 35.8. The Labute approximate surface area is 136 Å². The Kier molecular flexibility index (Phi) is 4.66. The van der Waals surface area contributed by atoms with Gasteiger partial charge < -0.3 is 0 Å². The summed E-state index contributed by atoms with van der Waals surface area (Å²) in [6.07, 6.45) is 0. The molecule has 0 unspecified atom stereocenters. The first-order chi connectivity index (χ1) is 9.70. The second-order valence-corrected chi connectivity index (χ2v) is 8.44. The van der Waals surface area contributed by atoms with Gasteiger partial charge in [0.05, 0.1) is 15.7 Å². The Hall–Kier alpha value is -1.03. The van der Waals surface area contributed by atoms with E-state index >= 15 is 0 Å². The molecule has 1 aromatic heterocycles. The number of halogens is 3. The lowest BCUT2D eigenvalue weighted by Gasteiger charge is -2.04. The molecule has 1 heterocycles. The lowest BCUT2D eigenvalue weighted by atomic mass is 10.2. The number of benzene rings is 1. The molecule has 2 aromatic rings. The fourth-order valence-electron chi connectivity index (χ4n) is 1.51. The van der Waals surface area contributed by atoms with E-state index in [9.17, 15) is 17.6 Å². The number of nitrogens with one attached hydrogen (secondary N) is 1. The van der Waals surface area contributed by atoms with Gasteiger partial charge in [0.1, 0.15) is 5.82 Å². The van der Waals surface area contributed by atoms with Crippen LogP contribution in [0.3, 0.4) is 0 Å². The highest BCUT2D eigenvalue weighted by Crippen LogP contribution is 2.30. The average molecular weight is 414 g/mol. The number of thiazole rings is 1. The maximum absolute atomic E-state index is 13.4. The number of carbonyl (C=O) groups is 1. The van der Waals surface area contributed by atoms with E-state index in [0.29, 0.717) is 0 Å². The lowest BCUT2D eigenvalue weighted by molar-refractivity contribution is 0.102. The fourth-order valence-corrected chi connectivity index (χ4v) is 4.30. The van der Waals surface area contributed by atoms with Crippen molar-refractivity contribution in [2.75, 3.05) is 5.32 Å². The van der Waals surface area contributed by atoms with Crippen LogP contribution in [0.25, 0.3) is 0 Å². The molecule has 1 N–H and O–H groups in total. The molecule has 0 radical (unpaired) electrons. The van der Waals surface area contributed by atoms with Crippen LogP contribution in [0.4, 0.5) is 9.52 Å². The maximum Gasteiger partial charge on any atom is 0.272 e. The molecule has 0 aliphatic rings. The first kappa shape index (κ1) is 16.3. The van der Waals surface area contributed by atoms with Crippen molar-refractivity contribution in [3.8, 4) is 0 Å². The molecule has 0 atom stereocenters. The summed E-state index contributed by atoms with van der Waals surface area (Å²) in [7, 11) is 1.33. The molecule has 0 fully saturated rings. The van der Waals surface area contributed by atoms with Crippen LogP contribution in [0.5, 0.6) is 0 Å². The zero-order chi connectivity index (χ0) is 15.8. The van der Waals surface area contributed by atoms with Gasteiger partial charge in [-0.1, -0.05) is 17.4 Å². The first-order valence-electron chi connectivity index (χ1n) is 5.37. The van der Waals surface area contributed by atoms with Gasteiger partial charge in [0.2, 0.25) is 0 Å². The quantitative estimate of drug-likeness (QED) is 0.781. The van der Waals surface area contributed by atoms with E-state index in [1.165, 1.54) is 25.1 Å². The molecule has 2 rings (SSSR count). The van der Waals surface area contributed by atoms with Crippen LogP contribution in [0.2, 0.25) is 0 Å². The van der Waals surface area contributed by atoms with Crippen LogP contribution in [0, 0.1) is 12.7 Å². The molecule has 1 amide bonds. The third-order valence-corrected chi connectivity index (χ3v) is 6.45. The number of aromatic nitrogens is 1. The molecule has 1 aromatic carbocycles. The number of hydrogen-bond acceptors (Lipinski definition) is 5. The van der Waals surface area contributed by atoms with Crippen LogP contribution in [0.15, 0.2) is 26.9 Å². The summed E-state index contributed by atoms with van der Waals surface area (Å²) in [6, 6.07) is 4.01. The monoisotopic (exact) mass is 412 g/mol. The molecule has 0 bridgehead atoms. The minimum atomic E-state index is -3.92. The Balaban J connectivity index is 2.31. The van der Waals surface area contributed by atoms with E-state index in [4.69, 9.17) is 10.7 Å². The molecule has 0 saturated carbocycles. The molecule has 0 aliphatic heterocycles. The highest BCUT2D eigenvalue weighted by molar-refractivity contribution is 9.10. The SMILES string of the molecule is Cc1nc(NC(=O)c2cccc(F)c2Br)sc1S(=O)(=O)Cl. The summed E-state index contributed by atoms with van der Waals surface area (Å²) in [4.78, 5) is 15.9. The van der Waals surface area contributed by atoms with Crippen molar-refractivity contribution in [2.24, 2.45) is 0 Å². The molecular formula is C11H7BrClFN2O3S2. The second kappa shape index (κ2) is 5.99. The second-order valence-electron chi connectivity index (χ2n) is 3.89. The lowest BCUT2D eigenvalue weighted by Crippen LogP contribution is -2.12. The zero-order valence-corrected chi connectivity index (χ0v) is 14.3. The Bertz CT molecular complexity index is 823. The standard InChI is InChI=1S/C11H7BrClFN2O3S2/c1-5-10(21(13,18)19)20-11(15-5)16-9(17)6-3-2-4-7(14)8(6)12/h2-4H,1H3,(H,15,16,17). The van der Waals surface area contributed by atoms with Crippen molar-refractivity contribution in [3.63, 3.8) is 0 Å². The Morgan fingerprint density at radius 2 is 2.14 bits per heavy atom. The fraction of sp³-hybridized carbons (Fsp3) is 0.0909. The number of hydrogen-bond donors (Lipinski definition) is 1. The number of carbonyl (C=O) groups excluding carboxylic acids is 1. The molecule has 0 spiro atoms. The van der Waals surface area contributed by atoms with Gasteiger partial charge in [0.25, 0.3) is 15.0 Å². The molecule has 112 valence electrons. The molecular weight excluding hydrogens is 407 g/mol. The minimum Gasteiger partial charge on any atom is -0.298 e. The summed E-state index contributed by atoms with van der Waals surface area (Å²) in [5.41, 5.74) is 0.252. The zero-order valence-electron chi connectivity index (χ0n) is 10.4. The predicted octanol–water partition coefficient (Wildman–Crippen LogP) is 3.53. The van der Waals surface area contributed by atoms with Crippen molar-refractivity contribution in [2.45, 2.75) is 11.1 Å². The van der Waals surface area contributed by atoms with Crippen LogP contribution in [0.1, 0.15) is 16.1 Å². The van der Waals surface area contributed by atoms with E-state index < -0.39 is 20.8 Å². The largest absolute Gasteiger partial charge is 0.298 e. The van der Waals surface area contributed by atoms with Gasteiger partial charge in [-0.2, -0.15) is 0 Å². The number of aryl methyl sites for hydroxylation is 1. The van der Waals surface area contributed by atoms with Crippen LogP contribution in [-0.2, 0) is 9.05 Å². The highest BCUT2D eigenvalue weighted by Gasteiger charge is 2.21. The van der Waals surface area contributed by atoms with Gasteiger partial charge in [-0.15, -0.1) is 0 Å². The Morgan fingerprint density at radius 3 is 2.71 bits per heavy atom. The molecule has 0 aliphatic carbocycles. The maximum atomic E-state index is 13.4. The van der Waals surface area contributed by atoms with Crippen LogP contribution < -0.4 is 5.32 Å². The smallest absolute Gasteiger partial charge is 0.272 e. The van der Waals surface area contributed by atoms with Crippen molar-refractivity contribution in [1.29, 1.82) is 0 Å². The van der Waals surface area contributed by atoms with E-state index in [1.54, 1.807) is 0 Å². The molecule has 10 heteroatoms. The van der Waals surface area contributed by atoms with E-state index in [2.05, 4.69) is 26.2 Å². The number of anilines is 1. The van der Waals surface area contributed by atoms with Gasteiger partial charge >= 0.3 is 0 Å². The summed E-state index contributed by atoms with van der Waals surface area (Å²) in [5, 5.41) is 2.47. The van der Waals surface area contributed by atoms with Crippen molar-refractivity contribution >= 4 is 58.0 Å². The van der Waals surface area contributed by atoms with Gasteiger partial charge in [-0.25, -0.2) is 17.8 Å². The van der Waals surface area contributed by atoms with Crippen molar-refractivity contribution < 1.29 is 17.6 Å². The molecule has 5 nitrogen and oxygen atoms in total. The molecule has 0 saturated heterocycles. The number of nitrogens with zero attached hydrogens (tertiary/aromatic N) is 1. The van der Waals surface area contributed by atoms with Crippen molar-refractivity contribution in [1.82, 2.24) is 4.98 Å². The van der Waals surface area contributed by atoms with Gasteiger partial charge in [-0.3, -0.25) is 10.1 Å². The third-order valence-electron chi connectivity index (χ3n) is 2.39. The van der Waals surface area contributed by atoms with Gasteiger partial charge in [0.15, 0.2) is 9.34 Å². The van der Waals surface area contributed by atoms with Crippen LogP contribution in [-0.4, -0.2) is 19.3 Å². The average Bonchev–Trinajstić information content (AvgIpc) is 2.73. The van der Waals surface area contributed by atoms with E-state index in [1.807, 2.05) is 0 Å².